The molecule has 0 bridgehead atoms. The minimum absolute atomic E-state index is 0.0551. The Balaban J connectivity index is 1.48. The largest absolute Gasteiger partial charge is 0.455 e. The molecule has 6 aromatic rings. The van der Waals surface area contributed by atoms with Crippen molar-refractivity contribution in [3.05, 3.63) is 165 Å². The van der Waals surface area contributed by atoms with Gasteiger partial charge in [-0.15, -0.1) is 0 Å². The Kier molecular flexibility index (Phi) is 16.3. The van der Waals surface area contributed by atoms with Gasteiger partial charge in [0, 0.05) is 38.8 Å². The highest BCUT2D eigenvalue weighted by molar-refractivity contribution is 7.57. The van der Waals surface area contributed by atoms with E-state index in [0.29, 0.717) is 0 Å². The van der Waals surface area contributed by atoms with Gasteiger partial charge in [-0.05, 0) is 102 Å². The van der Waals surface area contributed by atoms with E-state index in [0.717, 1.165) is 78.5 Å². The summed E-state index contributed by atoms with van der Waals surface area (Å²) in [6.45, 7) is 58.9. The summed E-state index contributed by atoms with van der Waals surface area (Å²) in [7, 11) is -3.81. The van der Waals surface area contributed by atoms with Crippen molar-refractivity contribution in [2.45, 2.75) is 229 Å². The van der Waals surface area contributed by atoms with Gasteiger partial charge in [-0.1, -0.05) is 253 Å². The number of fused-ring (bicyclic) bond motifs is 2. The predicted octanol–water partition coefficient (Wildman–Crippen LogP) is 20.7. The molecule has 0 atom stereocenters. The van der Waals surface area contributed by atoms with Crippen LogP contribution < -0.4 is 33.4 Å². The zero-order valence-corrected chi connectivity index (χ0v) is 54.6. The van der Waals surface area contributed by atoms with Crippen LogP contribution in [0.1, 0.15) is 236 Å². The van der Waals surface area contributed by atoms with Gasteiger partial charge in [0.25, 0.3) is 0 Å². The van der Waals surface area contributed by atoms with E-state index in [9.17, 15) is 0 Å². The minimum atomic E-state index is -1.90. The monoisotopic (exact) mass is 1090 g/mol. The molecule has 0 saturated heterocycles. The average Bonchev–Trinajstić information content (AvgIpc) is 3.28. The highest BCUT2D eigenvalue weighted by atomic mass is 31.2. The molecule has 5 nitrogen and oxygen atoms in total. The Morgan fingerprint density at radius 3 is 0.744 bits per heavy atom. The van der Waals surface area contributed by atoms with Gasteiger partial charge in [-0.3, -0.25) is 0 Å². The molecule has 0 aliphatic carbocycles. The topological polar surface area (TPSA) is 46.2 Å². The molecule has 7 heteroatoms. The number of rotatable bonds is 10. The van der Waals surface area contributed by atoms with Gasteiger partial charge >= 0.3 is 16.8 Å². The smallest absolute Gasteiger partial charge is 0.330 e. The molecule has 0 radical (unpaired) electrons. The Hall–Kier alpha value is -4.82. The van der Waals surface area contributed by atoms with Crippen LogP contribution in [0.4, 0.5) is 0 Å². The first-order valence-corrected chi connectivity index (χ1v) is 30.7. The highest BCUT2D eigenvalue weighted by Crippen LogP contribution is 2.56. The molecular formula is C71H96O5P2. The van der Waals surface area contributed by atoms with Crippen LogP contribution in [0.2, 0.25) is 0 Å². The third-order valence-corrected chi connectivity index (χ3v) is 18.2. The van der Waals surface area contributed by atoms with Gasteiger partial charge in [0.1, 0.15) is 34.5 Å². The fourth-order valence-corrected chi connectivity index (χ4v) is 12.9. The SMILES string of the molecule is CC(C)(C)c1ccc(OP(Oc2ccc(C(C)(C)C)cc2C(C)(C)C)c2cccc3c2Oc2c(P(Oc4ccc(C(C)(C)C)cc4C(C)(C)C)Oc4ccc(C(C)(C)C)cc4C(C)(C)C)cccc2C3(C)C)c(C(C)(C)C)c1. The molecule has 6 aromatic carbocycles. The lowest BCUT2D eigenvalue weighted by molar-refractivity contribution is 0.419. The van der Waals surface area contributed by atoms with Crippen LogP contribution in [0.25, 0.3) is 0 Å². The second-order valence-electron chi connectivity index (χ2n) is 30.8. The van der Waals surface area contributed by atoms with Crippen molar-refractivity contribution in [1.82, 2.24) is 0 Å². The van der Waals surface area contributed by atoms with Crippen LogP contribution in [0.5, 0.6) is 34.5 Å². The highest BCUT2D eigenvalue weighted by Gasteiger charge is 2.43. The molecule has 0 N–H and O–H groups in total. The van der Waals surface area contributed by atoms with Crippen LogP contribution in [0, 0.1) is 0 Å². The lowest BCUT2D eigenvalue weighted by atomic mass is 9.76. The van der Waals surface area contributed by atoms with E-state index in [1.54, 1.807) is 0 Å². The van der Waals surface area contributed by atoms with Gasteiger partial charge in [-0.2, -0.15) is 0 Å². The van der Waals surface area contributed by atoms with Crippen molar-refractivity contribution >= 4 is 27.4 Å². The van der Waals surface area contributed by atoms with E-state index in [1.165, 1.54) is 22.3 Å². The molecule has 1 heterocycles. The molecule has 1 aliphatic rings. The summed E-state index contributed by atoms with van der Waals surface area (Å²) in [6, 6.07) is 39.8. The summed E-state index contributed by atoms with van der Waals surface area (Å²) in [5, 5.41) is 1.70. The summed E-state index contributed by atoms with van der Waals surface area (Å²) >= 11 is 0. The zero-order valence-electron chi connectivity index (χ0n) is 52.8. The second-order valence-corrected chi connectivity index (χ2v) is 33.5. The second kappa shape index (κ2) is 20.9. The van der Waals surface area contributed by atoms with Gasteiger partial charge in [0.2, 0.25) is 0 Å². The number of ether oxygens (including phenoxy) is 1. The Labute approximate surface area is 475 Å². The van der Waals surface area contributed by atoms with Gasteiger partial charge < -0.3 is 22.8 Å². The molecule has 0 aromatic heterocycles. The van der Waals surface area contributed by atoms with Crippen molar-refractivity contribution in [3.8, 4) is 34.5 Å². The maximum atomic E-state index is 7.65. The molecule has 0 spiro atoms. The summed E-state index contributed by atoms with van der Waals surface area (Å²) in [6.07, 6.45) is 0. The zero-order chi connectivity index (χ0) is 58.3. The maximum Gasteiger partial charge on any atom is 0.330 e. The Bertz CT molecular complexity index is 2790. The third-order valence-electron chi connectivity index (χ3n) is 15.3. The number of hydrogen-bond acceptors (Lipinski definition) is 5. The summed E-state index contributed by atoms with van der Waals surface area (Å²) in [5.41, 5.74) is 9.93. The van der Waals surface area contributed by atoms with E-state index < -0.39 is 22.2 Å². The molecular weight excluding hydrogens is 995 g/mol. The Morgan fingerprint density at radius 1 is 0.308 bits per heavy atom. The first-order valence-electron chi connectivity index (χ1n) is 28.3. The van der Waals surface area contributed by atoms with Gasteiger partial charge in [0.05, 0.1) is 10.6 Å². The van der Waals surface area contributed by atoms with Crippen molar-refractivity contribution in [2.24, 2.45) is 0 Å². The van der Waals surface area contributed by atoms with E-state index in [-0.39, 0.29) is 43.3 Å². The first kappa shape index (κ1) is 60.8. The lowest BCUT2D eigenvalue weighted by Crippen LogP contribution is -2.31. The van der Waals surface area contributed by atoms with Crippen molar-refractivity contribution < 1.29 is 22.8 Å². The van der Waals surface area contributed by atoms with Gasteiger partial charge in [-0.25, -0.2) is 0 Å². The molecule has 0 fully saturated rings. The number of benzene rings is 6. The van der Waals surface area contributed by atoms with Crippen LogP contribution in [0.3, 0.4) is 0 Å². The fourth-order valence-electron chi connectivity index (χ4n) is 10.0. The lowest BCUT2D eigenvalue weighted by Gasteiger charge is -2.38. The van der Waals surface area contributed by atoms with E-state index in [4.69, 9.17) is 22.8 Å². The fraction of sp³-hybridized carbons (Fsp3) is 0.493. The van der Waals surface area contributed by atoms with Crippen LogP contribution in [0.15, 0.2) is 109 Å². The molecule has 420 valence electrons. The van der Waals surface area contributed by atoms with E-state index in [2.05, 4.69) is 289 Å². The predicted molar refractivity (Wildman–Crippen MR) is 336 cm³/mol. The molecule has 0 saturated carbocycles. The molecule has 1 aliphatic heterocycles. The summed E-state index contributed by atoms with van der Waals surface area (Å²) in [4.78, 5) is 0. The van der Waals surface area contributed by atoms with Crippen molar-refractivity contribution in [3.63, 3.8) is 0 Å². The molecule has 78 heavy (non-hydrogen) atoms. The Morgan fingerprint density at radius 2 is 0.538 bits per heavy atom. The summed E-state index contributed by atoms with van der Waals surface area (Å²) < 4.78 is 37.8. The van der Waals surface area contributed by atoms with E-state index in [1.807, 2.05) is 0 Å². The number of para-hydroxylation sites is 2. The summed E-state index contributed by atoms with van der Waals surface area (Å²) in [5.74, 6) is 4.63. The normalized spacial score (nSPS) is 14.5. The first-order chi connectivity index (χ1) is 35.5. The quantitative estimate of drug-likeness (QED) is 0.128. The maximum absolute atomic E-state index is 7.65. The minimum Gasteiger partial charge on any atom is -0.455 e. The van der Waals surface area contributed by atoms with Crippen LogP contribution in [-0.2, 0) is 48.7 Å². The number of hydrogen-bond donors (Lipinski definition) is 0. The molecule has 0 amide bonds. The van der Waals surface area contributed by atoms with Crippen molar-refractivity contribution in [2.75, 3.05) is 0 Å². The van der Waals surface area contributed by atoms with Crippen LogP contribution in [-0.4, -0.2) is 0 Å². The van der Waals surface area contributed by atoms with Crippen molar-refractivity contribution in [1.29, 1.82) is 0 Å². The van der Waals surface area contributed by atoms with Gasteiger partial charge in [0.15, 0.2) is 0 Å². The third kappa shape index (κ3) is 13.2. The molecule has 0 unspecified atom stereocenters. The van der Waals surface area contributed by atoms with E-state index >= 15 is 0 Å². The standard InChI is InChI=1S/C71H96O5P2/c1-63(2,3)45-33-37-55(51(41-45)67(13,14)15)73-77(74-56-38-34-46(64(4,5)6)42-52(56)68(16,17)18)59-31-27-29-49-61(59)72-62-50(71(49,25)26)30-28-32-60(62)78(75-57-39-35-47(65(7,8)9)43-53(57)69(19,20)21)76-58-40-36-48(66(10,11)12)44-54(58)70(22,23)24/h27-44H,1-26H3. The average molecular weight is 1090 g/mol. The van der Waals surface area contributed by atoms with Crippen LogP contribution >= 0.6 is 16.8 Å². The molecule has 7 rings (SSSR count).